The normalized spacial score (nSPS) is 10.0. The Bertz CT molecular complexity index is 335. The zero-order valence-electron chi connectivity index (χ0n) is 10.1. The molecule has 4 heteroatoms. The van der Waals surface area contributed by atoms with Gasteiger partial charge in [-0.1, -0.05) is 25.5 Å². The quantitative estimate of drug-likeness (QED) is 0.747. The molecule has 1 aromatic carbocycles. The van der Waals surface area contributed by atoms with Crippen molar-refractivity contribution in [3.05, 3.63) is 29.8 Å². The maximum absolute atomic E-state index is 11.2. The van der Waals surface area contributed by atoms with Crippen molar-refractivity contribution in [3.63, 3.8) is 0 Å². The van der Waals surface area contributed by atoms with Crippen LogP contribution in [-0.4, -0.2) is 30.8 Å². The first-order valence-electron chi connectivity index (χ1n) is 5.85. The lowest BCUT2D eigenvalue weighted by Gasteiger charge is -2.07. The van der Waals surface area contributed by atoms with E-state index in [1.165, 1.54) is 5.56 Å². The third kappa shape index (κ3) is 5.36. The van der Waals surface area contributed by atoms with Gasteiger partial charge in [-0.3, -0.25) is 4.79 Å². The zero-order chi connectivity index (χ0) is 12.5. The zero-order valence-corrected chi connectivity index (χ0v) is 10.1. The number of aliphatic hydroxyl groups is 1. The van der Waals surface area contributed by atoms with Crippen LogP contribution in [0.25, 0.3) is 0 Å². The number of aryl methyl sites for hydroxylation is 1. The van der Waals surface area contributed by atoms with Gasteiger partial charge in [-0.05, 0) is 24.1 Å². The van der Waals surface area contributed by atoms with E-state index in [0.29, 0.717) is 5.75 Å². The summed E-state index contributed by atoms with van der Waals surface area (Å²) in [6.07, 6.45) is 2.17. The molecule has 94 valence electrons. The van der Waals surface area contributed by atoms with E-state index >= 15 is 0 Å². The van der Waals surface area contributed by atoms with Crippen molar-refractivity contribution < 1.29 is 14.6 Å². The highest BCUT2D eigenvalue weighted by atomic mass is 16.5. The van der Waals surface area contributed by atoms with Crippen LogP contribution in [0.3, 0.4) is 0 Å². The summed E-state index contributed by atoms with van der Waals surface area (Å²) < 4.78 is 5.30. The van der Waals surface area contributed by atoms with Gasteiger partial charge < -0.3 is 15.2 Å². The van der Waals surface area contributed by atoms with Gasteiger partial charge in [0.1, 0.15) is 5.75 Å². The van der Waals surface area contributed by atoms with Gasteiger partial charge >= 0.3 is 0 Å². The molecule has 1 aromatic rings. The predicted molar refractivity (Wildman–Crippen MR) is 66.0 cm³/mol. The van der Waals surface area contributed by atoms with E-state index in [9.17, 15) is 4.79 Å². The van der Waals surface area contributed by atoms with Crippen LogP contribution in [0.5, 0.6) is 5.75 Å². The number of aliphatic hydroxyl groups excluding tert-OH is 1. The van der Waals surface area contributed by atoms with Gasteiger partial charge in [-0.15, -0.1) is 0 Å². The maximum Gasteiger partial charge on any atom is 0.258 e. The van der Waals surface area contributed by atoms with Crippen LogP contribution in [0, 0.1) is 0 Å². The highest BCUT2D eigenvalue weighted by Gasteiger charge is 2.01. The van der Waals surface area contributed by atoms with Crippen LogP contribution >= 0.6 is 0 Å². The molecule has 0 spiro atoms. The monoisotopic (exact) mass is 237 g/mol. The fourth-order valence-electron chi connectivity index (χ4n) is 1.44. The van der Waals surface area contributed by atoms with Gasteiger partial charge in [0.2, 0.25) is 0 Å². The largest absolute Gasteiger partial charge is 0.484 e. The number of rotatable bonds is 7. The number of benzene rings is 1. The highest BCUT2D eigenvalue weighted by Crippen LogP contribution is 2.13. The number of carbonyl (C=O) groups is 1. The molecule has 2 N–H and O–H groups in total. The number of hydrogen-bond acceptors (Lipinski definition) is 3. The molecule has 0 saturated heterocycles. The Balaban J connectivity index is 2.34. The highest BCUT2D eigenvalue weighted by molar-refractivity contribution is 5.77. The maximum atomic E-state index is 11.2. The second-order valence-corrected chi connectivity index (χ2v) is 3.76. The van der Waals surface area contributed by atoms with E-state index in [2.05, 4.69) is 12.2 Å². The minimum atomic E-state index is -0.225. The Hall–Kier alpha value is -1.55. The molecule has 0 aliphatic heterocycles. The summed E-state index contributed by atoms with van der Waals surface area (Å²) in [4.78, 5) is 11.2. The predicted octanol–water partition coefficient (Wildman–Crippen LogP) is 1.13. The van der Waals surface area contributed by atoms with E-state index in [4.69, 9.17) is 9.84 Å². The average molecular weight is 237 g/mol. The Morgan fingerprint density at radius 3 is 2.65 bits per heavy atom. The molecule has 17 heavy (non-hydrogen) atoms. The van der Waals surface area contributed by atoms with E-state index in [1.807, 2.05) is 24.3 Å². The standard InChI is InChI=1S/C13H19NO3/c1-2-3-11-4-6-12(7-5-11)17-10-13(16)14-8-9-15/h4-7,15H,2-3,8-10H2,1H3,(H,14,16). The summed E-state index contributed by atoms with van der Waals surface area (Å²) in [6, 6.07) is 7.74. The van der Waals surface area contributed by atoms with Crippen molar-refractivity contribution in [2.24, 2.45) is 0 Å². The first kappa shape index (κ1) is 13.5. The summed E-state index contributed by atoms with van der Waals surface area (Å²) in [5, 5.41) is 11.0. The molecule has 0 aliphatic carbocycles. The van der Waals surface area contributed by atoms with Crippen molar-refractivity contribution in [1.82, 2.24) is 5.32 Å². The Kier molecular flexibility index (Phi) is 6.10. The smallest absolute Gasteiger partial charge is 0.258 e. The average Bonchev–Trinajstić information content (AvgIpc) is 2.36. The van der Waals surface area contributed by atoms with Crippen LogP contribution in [0.2, 0.25) is 0 Å². The van der Waals surface area contributed by atoms with Crippen LogP contribution in [0.4, 0.5) is 0 Å². The molecule has 0 saturated carbocycles. The second kappa shape index (κ2) is 7.68. The number of hydrogen-bond donors (Lipinski definition) is 2. The van der Waals surface area contributed by atoms with Crippen molar-refractivity contribution in [3.8, 4) is 5.75 Å². The summed E-state index contributed by atoms with van der Waals surface area (Å²) >= 11 is 0. The Morgan fingerprint density at radius 2 is 2.06 bits per heavy atom. The lowest BCUT2D eigenvalue weighted by molar-refractivity contribution is -0.123. The Labute approximate surface area is 102 Å². The molecule has 1 amide bonds. The van der Waals surface area contributed by atoms with Gasteiger partial charge in [0.25, 0.3) is 5.91 Å². The van der Waals surface area contributed by atoms with E-state index in [0.717, 1.165) is 12.8 Å². The third-order valence-electron chi connectivity index (χ3n) is 2.27. The minimum Gasteiger partial charge on any atom is -0.484 e. The molecule has 4 nitrogen and oxygen atoms in total. The van der Waals surface area contributed by atoms with Crippen molar-refractivity contribution >= 4 is 5.91 Å². The number of ether oxygens (including phenoxy) is 1. The van der Waals surface area contributed by atoms with Gasteiger partial charge in [0, 0.05) is 6.54 Å². The van der Waals surface area contributed by atoms with Crippen molar-refractivity contribution in [2.45, 2.75) is 19.8 Å². The van der Waals surface area contributed by atoms with Crippen LogP contribution < -0.4 is 10.1 Å². The summed E-state index contributed by atoms with van der Waals surface area (Å²) in [5.74, 6) is 0.459. The van der Waals surface area contributed by atoms with Crippen molar-refractivity contribution in [2.75, 3.05) is 19.8 Å². The second-order valence-electron chi connectivity index (χ2n) is 3.76. The molecule has 1 rings (SSSR count). The van der Waals surface area contributed by atoms with Gasteiger partial charge in [-0.2, -0.15) is 0 Å². The molecule has 0 atom stereocenters. The molecule has 0 unspecified atom stereocenters. The molecule has 0 aromatic heterocycles. The molecular weight excluding hydrogens is 218 g/mol. The number of carbonyl (C=O) groups excluding carboxylic acids is 1. The fraction of sp³-hybridized carbons (Fsp3) is 0.462. The lowest BCUT2D eigenvalue weighted by atomic mass is 10.1. The number of amides is 1. The molecule has 0 aliphatic rings. The summed E-state index contributed by atoms with van der Waals surface area (Å²) in [5.41, 5.74) is 1.27. The third-order valence-corrected chi connectivity index (χ3v) is 2.27. The van der Waals surface area contributed by atoms with Crippen LogP contribution in [0.1, 0.15) is 18.9 Å². The summed E-state index contributed by atoms with van der Waals surface area (Å²) in [7, 11) is 0. The SMILES string of the molecule is CCCc1ccc(OCC(=O)NCCO)cc1. The topological polar surface area (TPSA) is 58.6 Å². The first-order chi connectivity index (χ1) is 8.26. The van der Waals surface area contributed by atoms with Crippen LogP contribution in [-0.2, 0) is 11.2 Å². The lowest BCUT2D eigenvalue weighted by Crippen LogP contribution is -2.31. The number of nitrogens with one attached hydrogen (secondary N) is 1. The van der Waals surface area contributed by atoms with E-state index in [-0.39, 0.29) is 25.7 Å². The van der Waals surface area contributed by atoms with Crippen LogP contribution in [0.15, 0.2) is 24.3 Å². The molecule has 0 heterocycles. The molecular formula is C13H19NO3. The van der Waals surface area contributed by atoms with E-state index < -0.39 is 0 Å². The van der Waals surface area contributed by atoms with Gasteiger partial charge in [0.05, 0.1) is 6.61 Å². The fourth-order valence-corrected chi connectivity index (χ4v) is 1.44. The summed E-state index contributed by atoms with van der Waals surface area (Å²) in [6.45, 7) is 2.32. The molecule has 0 fully saturated rings. The molecule has 0 bridgehead atoms. The first-order valence-corrected chi connectivity index (χ1v) is 5.85. The van der Waals surface area contributed by atoms with Crippen molar-refractivity contribution in [1.29, 1.82) is 0 Å². The Morgan fingerprint density at radius 1 is 1.35 bits per heavy atom. The van der Waals surface area contributed by atoms with Gasteiger partial charge in [-0.25, -0.2) is 0 Å². The minimum absolute atomic E-state index is 0.0207. The van der Waals surface area contributed by atoms with E-state index in [1.54, 1.807) is 0 Å². The molecule has 0 radical (unpaired) electrons. The van der Waals surface area contributed by atoms with Gasteiger partial charge in [0.15, 0.2) is 6.61 Å².